The second kappa shape index (κ2) is 11.0. The number of thiazole rings is 1. The summed E-state index contributed by atoms with van der Waals surface area (Å²) in [4.78, 5) is 7.31. The highest BCUT2D eigenvalue weighted by Crippen LogP contribution is 2.50. The number of aromatic nitrogens is 1. The van der Waals surface area contributed by atoms with E-state index in [9.17, 15) is 0 Å². The van der Waals surface area contributed by atoms with Crippen molar-refractivity contribution in [2.24, 2.45) is 0 Å². The molecule has 0 radical (unpaired) electrons. The summed E-state index contributed by atoms with van der Waals surface area (Å²) in [6, 6.07) is 56.5. The maximum atomic E-state index is 6.45. The number of rotatable bonds is 5. The van der Waals surface area contributed by atoms with Crippen molar-refractivity contribution in [2.75, 3.05) is 4.90 Å². The van der Waals surface area contributed by atoms with Crippen LogP contribution in [0.2, 0.25) is 0 Å². The lowest BCUT2D eigenvalue weighted by atomic mass is 9.82. The van der Waals surface area contributed by atoms with Crippen LogP contribution >= 0.6 is 11.3 Å². The molecular weight excluding hydrogens is 629 g/mol. The SMILES string of the molecule is CC1(C)c2ccccc2-c2cc(N(c3ccccc3)c3ccc(-c4cccc5oc6cc7nc(-c8ccccc8)sc7cc6c45)cc3)ccc21. The lowest BCUT2D eigenvalue weighted by Crippen LogP contribution is -2.15. The lowest BCUT2D eigenvalue weighted by Gasteiger charge is -2.27. The van der Waals surface area contributed by atoms with Crippen LogP contribution in [0.25, 0.3) is 65.0 Å². The summed E-state index contributed by atoms with van der Waals surface area (Å²) in [5.74, 6) is 0. The van der Waals surface area contributed by atoms with Crippen molar-refractivity contribution >= 4 is 60.6 Å². The van der Waals surface area contributed by atoms with Crippen LogP contribution in [0.15, 0.2) is 162 Å². The summed E-state index contributed by atoms with van der Waals surface area (Å²) < 4.78 is 7.60. The number of benzene rings is 7. The first-order chi connectivity index (χ1) is 24.5. The summed E-state index contributed by atoms with van der Waals surface area (Å²) in [6.07, 6.45) is 0. The molecular formula is C46H32N2OS. The zero-order chi connectivity index (χ0) is 33.4. The van der Waals surface area contributed by atoms with Crippen LogP contribution in [0.3, 0.4) is 0 Å². The van der Waals surface area contributed by atoms with Crippen molar-refractivity contribution in [2.45, 2.75) is 19.3 Å². The highest BCUT2D eigenvalue weighted by Gasteiger charge is 2.35. The number of furan rings is 1. The van der Waals surface area contributed by atoms with Gasteiger partial charge in [0.1, 0.15) is 16.2 Å². The van der Waals surface area contributed by atoms with Gasteiger partial charge in [-0.1, -0.05) is 117 Å². The Bertz CT molecular complexity index is 2720. The topological polar surface area (TPSA) is 29.3 Å². The molecule has 9 aromatic rings. The molecule has 0 bridgehead atoms. The maximum Gasteiger partial charge on any atom is 0.137 e. The van der Waals surface area contributed by atoms with Gasteiger partial charge in [0.05, 0.1) is 10.2 Å². The summed E-state index contributed by atoms with van der Waals surface area (Å²) in [5, 5.41) is 3.27. The van der Waals surface area contributed by atoms with E-state index in [0.29, 0.717) is 0 Å². The molecule has 0 saturated carbocycles. The summed E-state index contributed by atoms with van der Waals surface area (Å²) >= 11 is 1.72. The third-order valence-corrected chi connectivity index (χ3v) is 11.4. The molecule has 0 atom stereocenters. The first-order valence-electron chi connectivity index (χ1n) is 17.0. The molecule has 1 aliphatic rings. The second-order valence-electron chi connectivity index (χ2n) is 13.6. The number of hydrogen-bond acceptors (Lipinski definition) is 4. The van der Waals surface area contributed by atoms with Crippen molar-refractivity contribution in [1.29, 1.82) is 0 Å². The van der Waals surface area contributed by atoms with Crippen molar-refractivity contribution < 1.29 is 4.42 Å². The predicted molar refractivity (Wildman–Crippen MR) is 210 cm³/mol. The largest absolute Gasteiger partial charge is 0.456 e. The zero-order valence-corrected chi connectivity index (χ0v) is 28.5. The molecule has 0 spiro atoms. The molecule has 1 aliphatic carbocycles. The van der Waals surface area contributed by atoms with Crippen LogP contribution in [0.4, 0.5) is 17.1 Å². The highest BCUT2D eigenvalue weighted by molar-refractivity contribution is 7.21. The second-order valence-corrected chi connectivity index (χ2v) is 14.6. The van der Waals surface area contributed by atoms with E-state index in [1.807, 2.05) is 6.07 Å². The molecule has 2 aromatic heterocycles. The lowest BCUT2D eigenvalue weighted by molar-refractivity contribution is 0.660. The zero-order valence-electron chi connectivity index (χ0n) is 27.7. The van der Waals surface area contributed by atoms with E-state index < -0.39 is 0 Å². The number of nitrogens with zero attached hydrogens (tertiary/aromatic N) is 2. The standard InChI is InChI=1S/C46H32N2OS/c1-46(2)38-18-10-9-16-35(38)36-26-33(24-25-39(36)46)48(31-14-7-4-8-15-31)32-22-20-29(21-23-32)34-17-11-19-41-44(34)37-27-43-40(28-42(37)49-41)47-45(50-43)30-12-5-3-6-13-30/h3-28H,1-2H3. The quantitative estimate of drug-likeness (QED) is 0.184. The molecule has 0 saturated heterocycles. The van der Waals surface area contributed by atoms with Crippen molar-refractivity contribution in [3.05, 3.63) is 169 Å². The average Bonchev–Trinajstić information content (AvgIpc) is 3.81. The van der Waals surface area contributed by atoms with Gasteiger partial charge in [0.15, 0.2) is 0 Å². The van der Waals surface area contributed by atoms with Gasteiger partial charge in [0.2, 0.25) is 0 Å². The van der Waals surface area contributed by atoms with Crippen molar-refractivity contribution in [1.82, 2.24) is 4.98 Å². The van der Waals surface area contributed by atoms with E-state index in [4.69, 9.17) is 9.40 Å². The minimum Gasteiger partial charge on any atom is -0.456 e. The minimum atomic E-state index is -0.0298. The smallest absolute Gasteiger partial charge is 0.137 e. The predicted octanol–water partition coefficient (Wildman–Crippen LogP) is 13.3. The minimum absolute atomic E-state index is 0.0298. The van der Waals surface area contributed by atoms with E-state index in [-0.39, 0.29) is 5.41 Å². The Morgan fingerprint density at radius 3 is 2.04 bits per heavy atom. The highest BCUT2D eigenvalue weighted by atomic mass is 32.1. The van der Waals surface area contributed by atoms with Crippen LogP contribution < -0.4 is 4.90 Å². The van der Waals surface area contributed by atoms with Crippen molar-refractivity contribution in [3.63, 3.8) is 0 Å². The summed E-state index contributed by atoms with van der Waals surface area (Å²) in [7, 11) is 0. The summed E-state index contributed by atoms with van der Waals surface area (Å²) in [5.41, 5.74) is 14.9. The number of para-hydroxylation sites is 1. The molecule has 7 aromatic carbocycles. The van der Waals surface area contributed by atoms with Gasteiger partial charge in [0.25, 0.3) is 0 Å². The first-order valence-corrected chi connectivity index (χ1v) is 17.9. The molecule has 50 heavy (non-hydrogen) atoms. The van der Waals surface area contributed by atoms with E-state index in [1.54, 1.807) is 11.3 Å². The Morgan fingerprint density at radius 1 is 0.540 bits per heavy atom. The van der Waals surface area contributed by atoms with E-state index >= 15 is 0 Å². The van der Waals surface area contributed by atoms with Gasteiger partial charge in [-0.15, -0.1) is 11.3 Å². The third-order valence-electron chi connectivity index (χ3n) is 10.3. The van der Waals surface area contributed by atoms with Crippen LogP contribution in [0.5, 0.6) is 0 Å². The molecule has 0 unspecified atom stereocenters. The molecule has 10 rings (SSSR count). The average molecular weight is 661 g/mol. The van der Waals surface area contributed by atoms with E-state index in [0.717, 1.165) is 70.9 Å². The van der Waals surface area contributed by atoms with Gasteiger partial charge in [-0.3, -0.25) is 0 Å². The first kappa shape index (κ1) is 29.0. The van der Waals surface area contributed by atoms with Crippen LogP contribution in [-0.2, 0) is 5.41 Å². The molecule has 4 heteroatoms. The van der Waals surface area contributed by atoms with Crippen molar-refractivity contribution in [3.8, 4) is 32.8 Å². The van der Waals surface area contributed by atoms with Gasteiger partial charge >= 0.3 is 0 Å². The van der Waals surface area contributed by atoms with E-state index in [1.165, 1.54) is 22.3 Å². The molecule has 0 fully saturated rings. The Labute approximate surface area is 294 Å². The van der Waals surface area contributed by atoms with Gasteiger partial charge in [-0.25, -0.2) is 4.98 Å². The number of anilines is 3. The molecule has 238 valence electrons. The van der Waals surface area contributed by atoms with Gasteiger partial charge < -0.3 is 9.32 Å². The Kier molecular flexibility index (Phi) is 6.39. The fraction of sp³-hybridized carbons (Fsp3) is 0.0652. The molecule has 2 heterocycles. The normalized spacial score (nSPS) is 13.2. The van der Waals surface area contributed by atoms with E-state index in [2.05, 4.69) is 170 Å². The molecule has 0 amide bonds. The monoisotopic (exact) mass is 660 g/mol. The van der Waals surface area contributed by atoms with Gasteiger partial charge in [-0.05, 0) is 81.9 Å². The Morgan fingerprint density at radius 2 is 1.22 bits per heavy atom. The van der Waals surface area contributed by atoms with Crippen LogP contribution in [0.1, 0.15) is 25.0 Å². The number of fused-ring (bicyclic) bond motifs is 7. The van der Waals surface area contributed by atoms with Crippen LogP contribution in [0, 0.1) is 0 Å². The fourth-order valence-electron chi connectivity index (χ4n) is 7.85. The Hall–Kier alpha value is -5.97. The fourth-order valence-corrected chi connectivity index (χ4v) is 8.85. The number of hydrogen-bond donors (Lipinski definition) is 0. The Balaban J connectivity index is 1.07. The molecule has 3 nitrogen and oxygen atoms in total. The maximum absolute atomic E-state index is 6.45. The van der Waals surface area contributed by atoms with Gasteiger partial charge in [0, 0.05) is 44.9 Å². The van der Waals surface area contributed by atoms with Gasteiger partial charge in [-0.2, -0.15) is 0 Å². The molecule has 0 N–H and O–H groups in total. The summed E-state index contributed by atoms with van der Waals surface area (Å²) in [6.45, 7) is 4.66. The van der Waals surface area contributed by atoms with Crippen LogP contribution in [-0.4, -0.2) is 4.98 Å². The third kappa shape index (κ3) is 4.45. The molecule has 0 aliphatic heterocycles.